The summed E-state index contributed by atoms with van der Waals surface area (Å²) in [6, 6.07) is 7.84. The smallest absolute Gasteiger partial charge is 0.256 e. The Bertz CT molecular complexity index is 713. The topological polar surface area (TPSA) is 44.9 Å². The van der Waals surface area contributed by atoms with Crippen molar-refractivity contribution < 1.29 is 4.79 Å². The summed E-state index contributed by atoms with van der Waals surface area (Å²) in [5, 5.41) is 2.88. The summed E-state index contributed by atoms with van der Waals surface area (Å²) in [6.45, 7) is 4.04. The maximum absolute atomic E-state index is 12.1. The van der Waals surface area contributed by atoms with Crippen LogP contribution in [0.5, 0.6) is 0 Å². The Morgan fingerprint density at radius 2 is 2.05 bits per heavy atom. The quantitative estimate of drug-likeness (QED) is 0.770. The van der Waals surface area contributed by atoms with Crippen LogP contribution in [0.1, 0.15) is 22.5 Å². The van der Waals surface area contributed by atoms with Crippen LogP contribution in [0.3, 0.4) is 0 Å². The zero-order valence-corrected chi connectivity index (χ0v) is 12.3. The lowest BCUT2D eigenvalue weighted by Crippen LogP contribution is -2.03. The number of rotatable bonds is 1. The van der Waals surface area contributed by atoms with Gasteiger partial charge in [0.15, 0.2) is 0 Å². The van der Waals surface area contributed by atoms with Gasteiger partial charge in [0, 0.05) is 21.4 Å². The Morgan fingerprint density at radius 1 is 1.26 bits per heavy atom. The van der Waals surface area contributed by atoms with E-state index >= 15 is 0 Å². The van der Waals surface area contributed by atoms with Gasteiger partial charge in [0.2, 0.25) is 0 Å². The van der Waals surface area contributed by atoms with Crippen molar-refractivity contribution in [2.45, 2.75) is 13.8 Å². The van der Waals surface area contributed by atoms with Crippen LogP contribution in [0.2, 0.25) is 0 Å². The molecule has 0 aliphatic carbocycles. The largest absolute Gasteiger partial charge is 0.359 e. The highest BCUT2D eigenvalue weighted by Gasteiger charge is 2.26. The molecule has 1 amide bonds. The molecule has 4 heteroatoms. The van der Waals surface area contributed by atoms with E-state index in [2.05, 4.69) is 32.3 Å². The van der Waals surface area contributed by atoms with Crippen LogP contribution in [-0.2, 0) is 4.79 Å². The summed E-state index contributed by atoms with van der Waals surface area (Å²) in [5.74, 6) is -0.0615. The molecular formula is C15H13BrN2O. The molecule has 1 aromatic carbocycles. The molecule has 0 fully saturated rings. The second-order valence-electron chi connectivity index (χ2n) is 4.72. The first-order chi connectivity index (χ1) is 9.06. The summed E-state index contributed by atoms with van der Waals surface area (Å²) in [4.78, 5) is 15.4. The van der Waals surface area contributed by atoms with Gasteiger partial charge in [0.25, 0.3) is 5.91 Å². The van der Waals surface area contributed by atoms with Gasteiger partial charge in [-0.15, -0.1) is 0 Å². The van der Waals surface area contributed by atoms with Gasteiger partial charge in [-0.3, -0.25) is 4.79 Å². The minimum absolute atomic E-state index is 0.0615. The van der Waals surface area contributed by atoms with Gasteiger partial charge in [-0.2, -0.15) is 0 Å². The molecule has 0 saturated carbocycles. The average Bonchev–Trinajstić information content (AvgIpc) is 2.82. The van der Waals surface area contributed by atoms with Gasteiger partial charge >= 0.3 is 0 Å². The fourth-order valence-corrected chi connectivity index (χ4v) is 2.97. The van der Waals surface area contributed by atoms with Crippen molar-refractivity contribution in [2.75, 3.05) is 5.32 Å². The van der Waals surface area contributed by atoms with E-state index in [0.29, 0.717) is 5.57 Å². The second kappa shape index (κ2) is 4.38. The molecule has 0 radical (unpaired) electrons. The van der Waals surface area contributed by atoms with Crippen molar-refractivity contribution in [3.05, 3.63) is 51.3 Å². The van der Waals surface area contributed by atoms with Crippen LogP contribution >= 0.6 is 15.9 Å². The second-order valence-corrected chi connectivity index (χ2v) is 5.58. The molecule has 0 spiro atoms. The Morgan fingerprint density at radius 3 is 2.74 bits per heavy atom. The molecular weight excluding hydrogens is 304 g/mol. The number of anilines is 1. The number of nitrogens with one attached hydrogen (secondary N) is 2. The van der Waals surface area contributed by atoms with Crippen LogP contribution in [0.4, 0.5) is 5.69 Å². The lowest BCUT2D eigenvalue weighted by atomic mass is 10.1. The molecule has 3 nitrogen and oxygen atoms in total. The van der Waals surface area contributed by atoms with Gasteiger partial charge in [0.05, 0.1) is 11.3 Å². The number of carbonyl (C=O) groups is 1. The molecule has 2 heterocycles. The first-order valence-electron chi connectivity index (χ1n) is 6.04. The van der Waals surface area contributed by atoms with Gasteiger partial charge in [-0.05, 0) is 43.7 Å². The highest BCUT2D eigenvalue weighted by molar-refractivity contribution is 9.10. The van der Waals surface area contributed by atoms with Crippen LogP contribution in [0.25, 0.3) is 11.6 Å². The fraction of sp³-hybridized carbons (Fsp3) is 0.133. The molecule has 2 aromatic rings. The van der Waals surface area contributed by atoms with E-state index in [1.165, 1.54) is 0 Å². The number of amides is 1. The standard InChI is InChI=1S/C15H13BrN2O/c1-8-6-9(2)17-13(8)7-10-14-11(16)4-3-5-12(14)18-15(10)19/h3-7,17H,1-2H3,(H,18,19)/b10-7-. The number of halogens is 1. The van der Waals surface area contributed by atoms with Crippen LogP contribution in [0.15, 0.2) is 28.7 Å². The minimum atomic E-state index is -0.0615. The van der Waals surface area contributed by atoms with E-state index in [1.54, 1.807) is 0 Å². The molecule has 1 aliphatic rings. The van der Waals surface area contributed by atoms with Crippen LogP contribution in [-0.4, -0.2) is 10.9 Å². The van der Waals surface area contributed by atoms with Crippen LogP contribution < -0.4 is 5.32 Å². The molecule has 2 N–H and O–H groups in total. The molecule has 0 bridgehead atoms. The predicted molar refractivity (Wildman–Crippen MR) is 80.9 cm³/mol. The molecule has 1 aliphatic heterocycles. The van der Waals surface area contributed by atoms with Gasteiger partial charge < -0.3 is 10.3 Å². The Labute approximate surface area is 119 Å². The third kappa shape index (κ3) is 2.02. The van der Waals surface area contributed by atoms with Crippen molar-refractivity contribution in [1.29, 1.82) is 0 Å². The molecule has 1 aromatic heterocycles. The Balaban J connectivity index is 2.17. The molecule has 0 atom stereocenters. The molecule has 19 heavy (non-hydrogen) atoms. The van der Waals surface area contributed by atoms with E-state index in [0.717, 1.165) is 32.7 Å². The van der Waals surface area contributed by atoms with E-state index in [1.807, 2.05) is 38.1 Å². The Hall–Kier alpha value is -1.81. The number of aryl methyl sites for hydroxylation is 2. The summed E-state index contributed by atoms with van der Waals surface area (Å²) < 4.78 is 0.926. The highest BCUT2D eigenvalue weighted by atomic mass is 79.9. The summed E-state index contributed by atoms with van der Waals surface area (Å²) in [7, 11) is 0. The lowest BCUT2D eigenvalue weighted by Gasteiger charge is -2.01. The zero-order valence-electron chi connectivity index (χ0n) is 10.7. The third-order valence-electron chi connectivity index (χ3n) is 3.25. The third-order valence-corrected chi connectivity index (χ3v) is 3.91. The molecule has 96 valence electrons. The number of benzene rings is 1. The van der Waals surface area contributed by atoms with Crippen LogP contribution in [0, 0.1) is 13.8 Å². The summed E-state index contributed by atoms with van der Waals surface area (Å²) >= 11 is 3.51. The summed E-state index contributed by atoms with van der Waals surface area (Å²) in [5.41, 5.74) is 5.68. The fourth-order valence-electron chi connectivity index (χ4n) is 2.39. The average molecular weight is 317 g/mol. The van der Waals surface area contributed by atoms with Crippen molar-refractivity contribution in [3.8, 4) is 0 Å². The number of aromatic amines is 1. The number of hydrogen-bond donors (Lipinski definition) is 2. The SMILES string of the molecule is Cc1cc(C)c(/C=C2\C(=O)Nc3cccc(Br)c32)[nH]1. The highest BCUT2D eigenvalue weighted by Crippen LogP contribution is 2.38. The number of carbonyl (C=O) groups excluding carboxylic acids is 1. The maximum atomic E-state index is 12.1. The number of H-pyrrole nitrogens is 1. The van der Waals surface area contributed by atoms with Crippen molar-refractivity contribution in [3.63, 3.8) is 0 Å². The van der Waals surface area contributed by atoms with Crippen molar-refractivity contribution >= 4 is 39.2 Å². The van der Waals surface area contributed by atoms with E-state index < -0.39 is 0 Å². The van der Waals surface area contributed by atoms with Crippen molar-refractivity contribution in [1.82, 2.24) is 4.98 Å². The number of hydrogen-bond acceptors (Lipinski definition) is 1. The summed E-state index contributed by atoms with van der Waals surface area (Å²) in [6.07, 6.45) is 1.91. The maximum Gasteiger partial charge on any atom is 0.256 e. The lowest BCUT2D eigenvalue weighted by molar-refractivity contribution is -0.110. The normalized spacial score (nSPS) is 15.7. The molecule has 0 unspecified atom stereocenters. The number of aromatic nitrogens is 1. The van der Waals surface area contributed by atoms with E-state index in [4.69, 9.17) is 0 Å². The molecule has 0 saturated heterocycles. The van der Waals surface area contributed by atoms with Gasteiger partial charge in [-0.1, -0.05) is 22.0 Å². The van der Waals surface area contributed by atoms with Crippen molar-refractivity contribution in [2.24, 2.45) is 0 Å². The van der Waals surface area contributed by atoms with E-state index in [9.17, 15) is 4.79 Å². The zero-order chi connectivity index (χ0) is 13.6. The Kier molecular flexibility index (Phi) is 2.82. The monoisotopic (exact) mass is 316 g/mol. The van der Waals surface area contributed by atoms with Gasteiger partial charge in [-0.25, -0.2) is 0 Å². The molecule has 3 rings (SSSR count). The predicted octanol–water partition coefficient (Wildman–Crippen LogP) is 3.89. The minimum Gasteiger partial charge on any atom is -0.359 e. The first-order valence-corrected chi connectivity index (χ1v) is 6.83. The first kappa shape index (κ1) is 12.2. The number of fused-ring (bicyclic) bond motifs is 1. The van der Waals surface area contributed by atoms with Gasteiger partial charge in [0.1, 0.15) is 0 Å². The van der Waals surface area contributed by atoms with E-state index in [-0.39, 0.29) is 5.91 Å².